The van der Waals surface area contributed by atoms with Crippen molar-refractivity contribution < 1.29 is 22.7 Å². The van der Waals surface area contributed by atoms with Crippen molar-refractivity contribution in [3.63, 3.8) is 0 Å². The van der Waals surface area contributed by atoms with Gasteiger partial charge >= 0.3 is 5.97 Å². The van der Waals surface area contributed by atoms with Crippen molar-refractivity contribution in [3.8, 4) is 11.1 Å². The molecule has 1 aromatic heterocycles. The lowest BCUT2D eigenvalue weighted by Crippen LogP contribution is -2.17. The molecule has 1 heterocycles. The Balaban J connectivity index is 2.36. The second-order valence-electron chi connectivity index (χ2n) is 5.83. The maximum Gasteiger partial charge on any atom is 0.346 e. The summed E-state index contributed by atoms with van der Waals surface area (Å²) in [6, 6.07) is 3.73. The third-order valence-electron chi connectivity index (χ3n) is 4.35. The Labute approximate surface area is 143 Å². The van der Waals surface area contributed by atoms with Crippen molar-refractivity contribution in [2.75, 3.05) is 0 Å². The highest BCUT2D eigenvalue weighted by Crippen LogP contribution is 2.44. The van der Waals surface area contributed by atoms with E-state index in [-0.39, 0.29) is 26.8 Å². The van der Waals surface area contributed by atoms with Crippen LogP contribution in [0.15, 0.2) is 28.5 Å². The third kappa shape index (κ3) is 2.97. The van der Waals surface area contributed by atoms with Gasteiger partial charge in [-0.15, -0.1) is 11.3 Å². The number of primary sulfonamides is 1. The number of thiophene rings is 1. The predicted octanol–water partition coefficient (Wildman–Crippen LogP) is 3.56. The van der Waals surface area contributed by atoms with E-state index in [4.69, 9.17) is 5.14 Å². The lowest BCUT2D eigenvalue weighted by molar-refractivity contribution is 0.0703. The fourth-order valence-electron chi connectivity index (χ4n) is 3.39. The first kappa shape index (κ1) is 17.1. The van der Waals surface area contributed by atoms with Crippen molar-refractivity contribution in [2.45, 2.75) is 36.5 Å². The maximum atomic E-state index is 14.7. The summed E-state index contributed by atoms with van der Waals surface area (Å²) in [6.07, 6.45) is 3.29. The van der Waals surface area contributed by atoms with Gasteiger partial charge in [-0.2, -0.15) is 0 Å². The molecule has 1 fully saturated rings. The molecule has 1 saturated carbocycles. The van der Waals surface area contributed by atoms with Crippen LogP contribution >= 0.6 is 11.3 Å². The number of carboxylic acids is 1. The number of carbonyl (C=O) groups is 1. The van der Waals surface area contributed by atoms with Gasteiger partial charge in [0.2, 0.25) is 10.0 Å². The Kier molecular flexibility index (Phi) is 4.46. The molecule has 5 nitrogen and oxygen atoms in total. The van der Waals surface area contributed by atoms with E-state index in [1.165, 1.54) is 12.1 Å². The number of hydrogen-bond donors (Lipinski definition) is 2. The minimum absolute atomic E-state index is 0.0142. The average Bonchev–Trinajstić information content (AvgIpc) is 3.17. The van der Waals surface area contributed by atoms with Gasteiger partial charge in [-0.25, -0.2) is 22.7 Å². The van der Waals surface area contributed by atoms with Gasteiger partial charge in [0.25, 0.3) is 0 Å². The molecular formula is C16H16FNO4S2. The first-order chi connectivity index (χ1) is 11.3. The molecule has 0 saturated heterocycles. The van der Waals surface area contributed by atoms with E-state index in [9.17, 15) is 22.7 Å². The fraction of sp³-hybridized carbons (Fsp3) is 0.312. The molecule has 0 spiro atoms. The van der Waals surface area contributed by atoms with Gasteiger partial charge in [-0.3, -0.25) is 0 Å². The van der Waals surface area contributed by atoms with E-state index in [1.54, 1.807) is 5.38 Å². The van der Waals surface area contributed by atoms with Crippen LogP contribution in [-0.2, 0) is 10.0 Å². The van der Waals surface area contributed by atoms with Gasteiger partial charge in [-0.1, -0.05) is 12.8 Å². The molecule has 0 unspecified atom stereocenters. The summed E-state index contributed by atoms with van der Waals surface area (Å²) in [4.78, 5) is 11.3. The van der Waals surface area contributed by atoms with Gasteiger partial charge in [0.15, 0.2) is 0 Å². The predicted molar refractivity (Wildman–Crippen MR) is 89.3 cm³/mol. The first-order valence-corrected chi connectivity index (χ1v) is 9.89. The quantitative estimate of drug-likeness (QED) is 0.861. The van der Waals surface area contributed by atoms with Crippen LogP contribution in [0.25, 0.3) is 11.1 Å². The van der Waals surface area contributed by atoms with Crippen LogP contribution in [-0.4, -0.2) is 19.5 Å². The van der Waals surface area contributed by atoms with Crippen LogP contribution in [0.4, 0.5) is 4.39 Å². The summed E-state index contributed by atoms with van der Waals surface area (Å²) in [5, 5.41) is 16.2. The molecule has 3 rings (SSSR count). The smallest absolute Gasteiger partial charge is 0.346 e. The first-order valence-electron chi connectivity index (χ1n) is 7.47. The molecule has 0 amide bonds. The SMILES string of the molecule is NS(=O)(=O)c1ccc(F)c(-c2ccsc2C(=O)O)c1C1CCCC1. The molecule has 128 valence electrons. The van der Waals surface area contributed by atoms with Gasteiger partial charge < -0.3 is 5.11 Å². The summed E-state index contributed by atoms with van der Waals surface area (Å²) in [6.45, 7) is 0. The molecule has 2 aromatic rings. The number of carboxylic acid groups (broad SMARTS) is 1. The normalized spacial score (nSPS) is 15.8. The molecular weight excluding hydrogens is 353 g/mol. The van der Waals surface area contributed by atoms with Gasteiger partial charge in [-0.05, 0) is 47.9 Å². The molecule has 0 radical (unpaired) electrons. The Hall–Kier alpha value is -1.77. The Morgan fingerprint density at radius 2 is 1.92 bits per heavy atom. The minimum atomic E-state index is -4.05. The zero-order valence-corrected chi connectivity index (χ0v) is 14.3. The minimum Gasteiger partial charge on any atom is -0.477 e. The van der Waals surface area contributed by atoms with Crippen molar-refractivity contribution in [3.05, 3.63) is 39.8 Å². The summed E-state index contributed by atoms with van der Waals surface area (Å²) in [7, 11) is -4.05. The number of rotatable bonds is 4. The van der Waals surface area contributed by atoms with Crippen molar-refractivity contribution in [2.24, 2.45) is 5.14 Å². The van der Waals surface area contributed by atoms with Crippen molar-refractivity contribution in [1.82, 2.24) is 0 Å². The number of hydrogen-bond acceptors (Lipinski definition) is 4. The Morgan fingerprint density at radius 3 is 2.50 bits per heavy atom. The molecule has 0 aliphatic heterocycles. The molecule has 0 bridgehead atoms. The average molecular weight is 369 g/mol. The van der Waals surface area contributed by atoms with Crippen LogP contribution in [0.5, 0.6) is 0 Å². The lowest BCUT2D eigenvalue weighted by atomic mass is 9.89. The molecule has 0 atom stereocenters. The van der Waals surface area contributed by atoms with Gasteiger partial charge in [0.05, 0.1) is 4.90 Å². The molecule has 1 aliphatic carbocycles. The lowest BCUT2D eigenvalue weighted by Gasteiger charge is -2.20. The summed E-state index contributed by atoms with van der Waals surface area (Å²) in [5.74, 6) is -1.95. The molecule has 1 aromatic carbocycles. The van der Waals surface area contributed by atoms with Crippen LogP contribution in [0, 0.1) is 5.82 Å². The Bertz CT molecular complexity index is 899. The monoisotopic (exact) mass is 369 g/mol. The third-order valence-corrected chi connectivity index (χ3v) is 6.22. The number of nitrogens with two attached hydrogens (primary N) is 1. The van der Waals surface area contributed by atoms with E-state index in [1.807, 2.05) is 0 Å². The second kappa shape index (κ2) is 6.27. The van der Waals surface area contributed by atoms with E-state index < -0.39 is 21.8 Å². The summed E-state index contributed by atoms with van der Waals surface area (Å²) < 4.78 is 38.7. The number of sulfonamides is 1. The van der Waals surface area contributed by atoms with E-state index in [2.05, 4.69) is 0 Å². The molecule has 1 aliphatic rings. The highest BCUT2D eigenvalue weighted by atomic mass is 32.2. The fourth-order valence-corrected chi connectivity index (χ4v) is 4.96. The van der Waals surface area contributed by atoms with Crippen LogP contribution in [0.2, 0.25) is 0 Å². The van der Waals surface area contributed by atoms with E-state index >= 15 is 0 Å². The maximum absolute atomic E-state index is 14.7. The Morgan fingerprint density at radius 1 is 1.25 bits per heavy atom. The number of aromatic carboxylic acids is 1. The van der Waals surface area contributed by atoms with Crippen LogP contribution < -0.4 is 5.14 Å². The molecule has 24 heavy (non-hydrogen) atoms. The zero-order chi connectivity index (χ0) is 17.5. The van der Waals surface area contributed by atoms with E-state index in [0.29, 0.717) is 5.56 Å². The molecule has 3 N–H and O–H groups in total. The zero-order valence-electron chi connectivity index (χ0n) is 12.7. The largest absolute Gasteiger partial charge is 0.477 e. The number of benzene rings is 1. The summed E-state index contributed by atoms with van der Waals surface area (Å²) >= 11 is 0.979. The van der Waals surface area contributed by atoms with E-state index in [0.717, 1.165) is 43.1 Å². The van der Waals surface area contributed by atoms with Gasteiger partial charge in [0, 0.05) is 11.1 Å². The van der Waals surface area contributed by atoms with Crippen molar-refractivity contribution >= 4 is 27.3 Å². The topological polar surface area (TPSA) is 97.5 Å². The van der Waals surface area contributed by atoms with Gasteiger partial charge in [0.1, 0.15) is 10.7 Å². The van der Waals surface area contributed by atoms with Crippen molar-refractivity contribution in [1.29, 1.82) is 0 Å². The second-order valence-corrected chi connectivity index (χ2v) is 8.28. The van der Waals surface area contributed by atoms with Crippen LogP contribution in [0.3, 0.4) is 0 Å². The molecule has 8 heteroatoms. The number of halogens is 1. The summed E-state index contributed by atoms with van der Waals surface area (Å²) in [5.41, 5.74) is 0.570. The standard InChI is InChI=1S/C16H16FNO4S2/c17-11-5-6-12(24(18,21)22)13(9-3-1-2-4-9)14(11)10-7-8-23-15(10)16(19)20/h5-9H,1-4H2,(H,19,20)(H2,18,21,22). The van der Waals surface area contributed by atoms with Crippen LogP contribution in [0.1, 0.15) is 46.8 Å². The highest BCUT2D eigenvalue weighted by Gasteiger charge is 2.31. The highest BCUT2D eigenvalue weighted by molar-refractivity contribution is 7.89.